The number of amides is 1. The quantitative estimate of drug-likeness (QED) is 0.445. The predicted molar refractivity (Wildman–Crippen MR) is 127 cm³/mol. The molecule has 0 aliphatic heterocycles. The van der Waals surface area contributed by atoms with E-state index in [0.717, 1.165) is 45.3 Å². The third-order valence-electron chi connectivity index (χ3n) is 5.81. The fraction of sp³-hybridized carbons (Fsp3) is 0.720. The van der Waals surface area contributed by atoms with E-state index in [1.807, 2.05) is 20.8 Å². The Morgan fingerprint density at radius 2 is 1.73 bits per heavy atom. The zero-order chi connectivity index (χ0) is 22.0. The molecule has 1 fully saturated rings. The van der Waals surface area contributed by atoms with Gasteiger partial charge in [0.2, 0.25) is 0 Å². The van der Waals surface area contributed by atoms with E-state index in [0.29, 0.717) is 5.92 Å². The molecule has 170 valence electrons. The van der Waals surface area contributed by atoms with E-state index < -0.39 is 5.60 Å². The summed E-state index contributed by atoms with van der Waals surface area (Å²) < 4.78 is 5.37. The summed E-state index contributed by atoms with van der Waals surface area (Å²) in [5.74, 6) is 0.655. The summed E-state index contributed by atoms with van der Waals surface area (Å²) in [5, 5.41) is 6.63. The Morgan fingerprint density at radius 3 is 2.30 bits per heavy atom. The average Bonchev–Trinajstić information content (AvgIpc) is 2.70. The number of benzene rings is 1. The second kappa shape index (κ2) is 12.1. The Bertz CT molecular complexity index is 616. The molecule has 1 aliphatic rings. The van der Waals surface area contributed by atoms with E-state index in [1.54, 1.807) is 0 Å². The zero-order valence-electron chi connectivity index (χ0n) is 19.8. The van der Waals surface area contributed by atoms with Gasteiger partial charge in [0, 0.05) is 37.1 Å². The van der Waals surface area contributed by atoms with Gasteiger partial charge < -0.3 is 20.3 Å². The van der Waals surface area contributed by atoms with Crippen LogP contribution in [0.1, 0.15) is 79.6 Å². The van der Waals surface area contributed by atoms with Crippen molar-refractivity contribution in [1.82, 2.24) is 5.32 Å². The molecule has 5 heteroatoms. The monoisotopic (exact) mass is 417 g/mol. The number of nitrogens with zero attached hydrogens (tertiary/aromatic N) is 1. The molecule has 1 aromatic carbocycles. The Morgan fingerprint density at radius 1 is 1.07 bits per heavy atom. The minimum absolute atomic E-state index is 0.239. The largest absolute Gasteiger partial charge is 0.444 e. The minimum atomic E-state index is -0.440. The van der Waals surface area contributed by atoms with Crippen LogP contribution in [-0.4, -0.2) is 37.4 Å². The zero-order valence-corrected chi connectivity index (χ0v) is 19.8. The number of hydrogen-bond acceptors (Lipinski definition) is 4. The van der Waals surface area contributed by atoms with E-state index in [4.69, 9.17) is 4.74 Å². The molecule has 1 saturated carbocycles. The molecule has 2 rings (SSSR count). The molecule has 1 amide bonds. The Balaban J connectivity index is 1.71. The van der Waals surface area contributed by atoms with Crippen molar-refractivity contribution in [2.75, 3.05) is 29.9 Å². The standard InChI is InChI=1S/C25H43N3O2/c1-6-8-9-18-28(7-2)23-16-14-21(15-17-23)26-19-20-10-12-22(13-11-20)27-24(29)30-25(3,4)5/h14-17,20,22,26H,6-13,18-19H2,1-5H3,(H,27,29). The van der Waals surface area contributed by atoms with Crippen LogP contribution in [0.5, 0.6) is 0 Å². The highest BCUT2D eigenvalue weighted by atomic mass is 16.6. The van der Waals surface area contributed by atoms with E-state index in [-0.39, 0.29) is 12.1 Å². The maximum Gasteiger partial charge on any atom is 0.407 e. The molecule has 1 aromatic rings. The molecule has 0 heterocycles. The van der Waals surface area contributed by atoms with E-state index in [1.165, 1.54) is 30.6 Å². The molecule has 0 atom stereocenters. The molecule has 30 heavy (non-hydrogen) atoms. The first kappa shape index (κ1) is 24.4. The number of unbranched alkanes of at least 4 members (excludes halogenated alkanes) is 2. The third kappa shape index (κ3) is 8.85. The molecule has 5 nitrogen and oxygen atoms in total. The summed E-state index contributed by atoms with van der Waals surface area (Å²) in [6.07, 6.45) is 7.83. The molecule has 0 radical (unpaired) electrons. The molecule has 2 N–H and O–H groups in total. The number of hydrogen-bond donors (Lipinski definition) is 2. The third-order valence-corrected chi connectivity index (χ3v) is 5.81. The second-order valence-electron chi connectivity index (χ2n) is 9.58. The Hall–Kier alpha value is -1.91. The molecule has 1 aliphatic carbocycles. The summed E-state index contributed by atoms with van der Waals surface area (Å²) in [5.41, 5.74) is 2.06. The van der Waals surface area contributed by atoms with E-state index >= 15 is 0 Å². The summed E-state index contributed by atoms with van der Waals surface area (Å²) in [6.45, 7) is 13.4. The number of carbonyl (C=O) groups excluding carboxylic acids is 1. The normalized spacial score (nSPS) is 19.2. The van der Waals surface area contributed by atoms with Gasteiger partial charge >= 0.3 is 6.09 Å². The fourth-order valence-corrected chi connectivity index (χ4v) is 4.06. The number of ether oxygens (including phenoxy) is 1. The van der Waals surface area contributed by atoms with Gasteiger partial charge in [-0.2, -0.15) is 0 Å². The predicted octanol–water partition coefficient (Wildman–Crippen LogP) is 6.20. The van der Waals surface area contributed by atoms with Crippen LogP contribution in [0, 0.1) is 5.92 Å². The lowest BCUT2D eigenvalue weighted by atomic mass is 9.86. The van der Waals surface area contributed by atoms with E-state index in [9.17, 15) is 4.79 Å². The average molecular weight is 418 g/mol. The first-order valence-electron chi connectivity index (χ1n) is 11.9. The molecule has 0 saturated heterocycles. The highest BCUT2D eigenvalue weighted by Crippen LogP contribution is 2.26. The lowest BCUT2D eigenvalue weighted by molar-refractivity contribution is 0.0488. The molecule has 0 spiro atoms. The van der Waals surface area contributed by atoms with Crippen molar-refractivity contribution in [1.29, 1.82) is 0 Å². The van der Waals surface area contributed by atoms with Crippen molar-refractivity contribution in [3.05, 3.63) is 24.3 Å². The minimum Gasteiger partial charge on any atom is -0.444 e. The van der Waals surface area contributed by atoms with Crippen LogP contribution in [0.4, 0.5) is 16.2 Å². The van der Waals surface area contributed by atoms with Crippen molar-refractivity contribution >= 4 is 17.5 Å². The summed E-state index contributed by atoms with van der Waals surface area (Å²) >= 11 is 0. The van der Waals surface area contributed by atoms with Crippen LogP contribution in [0.2, 0.25) is 0 Å². The number of nitrogens with one attached hydrogen (secondary N) is 2. The van der Waals surface area contributed by atoms with Crippen LogP contribution in [0.3, 0.4) is 0 Å². The second-order valence-corrected chi connectivity index (χ2v) is 9.58. The summed E-state index contributed by atoms with van der Waals surface area (Å²) in [4.78, 5) is 14.4. The maximum absolute atomic E-state index is 11.9. The number of anilines is 2. The van der Waals surface area contributed by atoms with Gasteiger partial charge in [-0.05, 0) is 90.0 Å². The Labute approximate surface area is 183 Å². The molecule has 0 bridgehead atoms. The van der Waals surface area contributed by atoms with Gasteiger partial charge in [0.25, 0.3) is 0 Å². The lowest BCUT2D eigenvalue weighted by Gasteiger charge is -2.30. The fourth-order valence-electron chi connectivity index (χ4n) is 4.06. The van der Waals surface area contributed by atoms with Gasteiger partial charge in [-0.15, -0.1) is 0 Å². The van der Waals surface area contributed by atoms with Gasteiger partial charge in [-0.3, -0.25) is 0 Å². The van der Waals surface area contributed by atoms with Crippen molar-refractivity contribution in [3.63, 3.8) is 0 Å². The van der Waals surface area contributed by atoms with Gasteiger partial charge in [-0.25, -0.2) is 4.79 Å². The van der Waals surface area contributed by atoms with Crippen LogP contribution < -0.4 is 15.5 Å². The first-order chi connectivity index (χ1) is 14.3. The van der Waals surface area contributed by atoms with Crippen molar-refractivity contribution < 1.29 is 9.53 Å². The molecule has 0 aromatic heterocycles. The van der Waals surface area contributed by atoms with Crippen LogP contribution in [0.15, 0.2) is 24.3 Å². The van der Waals surface area contributed by atoms with Crippen molar-refractivity contribution in [3.8, 4) is 0 Å². The van der Waals surface area contributed by atoms with Gasteiger partial charge in [0.1, 0.15) is 5.60 Å². The topological polar surface area (TPSA) is 53.6 Å². The lowest BCUT2D eigenvalue weighted by Crippen LogP contribution is -2.41. The van der Waals surface area contributed by atoms with Crippen LogP contribution in [0.25, 0.3) is 0 Å². The summed E-state index contributed by atoms with van der Waals surface area (Å²) in [7, 11) is 0. The SMILES string of the molecule is CCCCCN(CC)c1ccc(NCC2CCC(NC(=O)OC(C)(C)C)CC2)cc1. The van der Waals surface area contributed by atoms with Crippen LogP contribution >= 0.6 is 0 Å². The van der Waals surface area contributed by atoms with Crippen molar-refractivity contribution in [2.24, 2.45) is 5.92 Å². The Kier molecular flexibility index (Phi) is 9.80. The molecular weight excluding hydrogens is 374 g/mol. The van der Waals surface area contributed by atoms with Crippen LogP contribution in [-0.2, 0) is 4.74 Å². The maximum atomic E-state index is 11.9. The van der Waals surface area contributed by atoms with E-state index in [2.05, 4.69) is 53.6 Å². The summed E-state index contributed by atoms with van der Waals surface area (Å²) in [6, 6.07) is 9.11. The van der Waals surface area contributed by atoms with Gasteiger partial charge in [0.05, 0.1) is 0 Å². The number of carbonyl (C=O) groups is 1. The molecule has 0 unspecified atom stereocenters. The van der Waals surface area contributed by atoms with Crippen molar-refractivity contribution in [2.45, 2.75) is 91.2 Å². The van der Waals surface area contributed by atoms with Gasteiger partial charge in [-0.1, -0.05) is 19.8 Å². The smallest absolute Gasteiger partial charge is 0.407 e. The highest BCUT2D eigenvalue weighted by Gasteiger charge is 2.24. The molecular formula is C25H43N3O2. The number of rotatable bonds is 10. The first-order valence-corrected chi connectivity index (χ1v) is 11.9. The van der Waals surface area contributed by atoms with Gasteiger partial charge in [0.15, 0.2) is 0 Å². The number of alkyl carbamates (subject to hydrolysis) is 1. The highest BCUT2D eigenvalue weighted by molar-refractivity contribution is 5.68.